The van der Waals surface area contributed by atoms with Gasteiger partial charge in [0.1, 0.15) is 17.5 Å². The lowest BCUT2D eigenvalue weighted by molar-refractivity contribution is -0.117. The molecule has 11 nitrogen and oxygen atoms in total. The molecule has 0 unspecified atom stereocenters. The van der Waals surface area contributed by atoms with E-state index < -0.39 is 5.97 Å². The number of benzene rings is 1. The van der Waals surface area contributed by atoms with E-state index in [1.54, 1.807) is 25.1 Å². The number of ether oxygens (including phenoxy) is 1. The third kappa shape index (κ3) is 6.04. The number of hydrogen-bond acceptors (Lipinski definition) is 9. The topological polar surface area (TPSA) is 122 Å². The molecule has 1 aromatic carbocycles. The summed E-state index contributed by atoms with van der Waals surface area (Å²) in [5, 5.41) is 8.51. The smallest absolute Gasteiger partial charge is 0.339 e. The maximum atomic E-state index is 13.2. The highest BCUT2D eigenvalue weighted by molar-refractivity contribution is 5.98. The molecule has 11 heteroatoms. The van der Waals surface area contributed by atoms with E-state index in [1.165, 1.54) is 11.8 Å². The zero-order valence-electron chi connectivity index (χ0n) is 23.3. The minimum absolute atomic E-state index is 0.00447. The van der Waals surface area contributed by atoms with Crippen molar-refractivity contribution in [3.05, 3.63) is 65.1 Å². The van der Waals surface area contributed by atoms with Gasteiger partial charge in [-0.25, -0.2) is 9.78 Å². The van der Waals surface area contributed by atoms with Gasteiger partial charge in [-0.15, -0.1) is 0 Å². The van der Waals surface area contributed by atoms with E-state index in [4.69, 9.17) is 15.9 Å². The highest BCUT2D eigenvalue weighted by Crippen LogP contribution is 2.27. The van der Waals surface area contributed by atoms with E-state index in [0.29, 0.717) is 49.3 Å². The van der Waals surface area contributed by atoms with Gasteiger partial charge < -0.3 is 35.0 Å². The van der Waals surface area contributed by atoms with Gasteiger partial charge in [0.05, 0.1) is 18.7 Å². The molecule has 212 valence electrons. The van der Waals surface area contributed by atoms with Crippen LogP contribution in [0.4, 0.5) is 11.5 Å². The fraction of sp³-hybridized carbons (Fsp3) is 0.448. The maximum absolute atomic E-state index is 13.2. The fourth-order valence-electron chi connectivity index (χ4n) is 5.35. The summed E-state index contributed by atoms with van der Waals surface area (Å²) in [6.07, 6.45) is 4.13. The Morgan fingerprint density at radius 3 is 2.52 bits per heavy atom. The van der Waals surface area contributed by atoms with Crippen molar-refractivity contribution in [3.63, 3.8) is 0 Å². The first-order chi connectivity index (χ1) is 19.3. The lowest BCUT2D eigenvalue weighted by Gasteiger charge is -2.36. The number of amides is 1. The molecule has 2 aromatic rings. The second-order valence-electron chi connectivity index (χ2n) is 10.5. The minimum Gasteiger partial charge on any atom is -0.462 e. The Morgan fingerprint density at radius 1 is 1.02 bits per heavy atom. The molecule has 5 rings (SSSR count). The zero-order valence-corrected chi connectivity index (χ0v) is 23.3. The van der Waals surface area contributed by atoms with Gasteiger partial charge in [-0.3, -0.25) is 10.2 Å². The van der Waals surface area contributed by atoms with Crippen LogP contribution in [0.2, 0.25) is 0 Å². The molecule has 4 heterocycles. The quantitative estimate of drug-likeness (QED) is 0.315. The summed E-state index contributed by atoms with van der Waals surface area (Å²) in [6, 6.07) is 9.67. The predicted molar refractivity (Wildman–Crippen MR) is 154 cm³/mol. The van der Waals surface area contributed by atoms with Crippen LogP contribution in [-0.2, 0) is 22.5 Å². The maximum Gasteiger partial charge on any atom is 0.339 e. The number of piperazine rings is 2. The molecule has 0 radical (unpaired) electrons. The molecule has 0 saturated carbocycles. The number of amidine groups is 1. The van der Waals surface area contributed by atoms with Crippen molar-refractivity contribution in [2.24, 2.45) is 5.73 Å². The Balaban J connectivity index is 1.21. The average Bonchev–Trinajstić information content (AvgIpc) is 2.97. The number of aromatic nitrogens is 1. The number of anilines is 2. The number of pyridine rings is 1. The van der Waals surface area contributed by atoms with Crippen LogP contribution >= 0.6 is 0 Å². The summed E-state index contributed by atoms with van der Waals surface area (Å²) in [5.74, 6) is 1.31. The monoisotopic (exact) mass is 546 g/mol. The molecule has 0 bridgehead atoms. The van der Waals surface area contributed by atoms with E-state index in [2.05, 4.69) is 38.9 Å². The molecule has 2 saturated heterocycles. The van der Waals surface area contributed by atoms with Crippen molar-refractivity contribution in [2.45, 2.75) is 19.9 Å². The van der Waals surface area contributed by atoms with Crippen molar-refractivity contribution >= 4 is 29.2 Å². The lowest BCUT2D eigenvalue weighted by atomic mass is 9.98. The number of rotatable bonds is 6. The summed E-state index contributed by atoms with van der Waals surface area (Å²) >= 11 is 0. The number of likely N-dealkylation sites (N-methyl/N-ethyl adjacent to an activating group) is 1. The SMILES string of the molecule is CCOC(=O)c1ccc(N2CCN(c3ccc4c(c3)CN(/C(N)=C/C(=N)N3CCN(C)CC3)CC4)C(=O)C2)nc1. The molecule has 3 aliphatic heterocycles. The molecule has 0 aliphatic carbocycles. The molecule has 1 aromatic heterocycles. The van der Waals surface area contributed by atoms with Crippen LogP contribution in [-0.4, -0.2) is 103 Å². The number of esters is 1. The number of nitrogens with zero attached hydrogens (tertiary/aromatic N) is 6. The normalized spacial score (nSPS) is 18.6. The second kappa shape index (κ2) is 12.0. The molecule has 0 spiro atoms. The van der Waals surface area contributed by atoms with Gasteiger partial charge >= 0.3 is 5.97 Å². The van der Waals surface area contributed by atoms with Crippen LogP contribution in [0.3, 0.4) is 0 Å². The number of nitrogens with one attached hydrogen (secondary N) is 1. The Kier molecular flexibility index (Phi) is 8.20. The van der Waals surface area contributed by atoms with Crippen molar-refractivity contribution in [3.8, 4) is 0 Å². The van der Waals surface area contributed by atoms with Crippen molar-refractivity contribution < 1.29 is 14.3 Å². The first-order valence-corrected chi connectivity index (χ1v) is 13.9. The van der Waals surface area contributed by atoms with E-state index in [-0.39, 0.29) is 12.5 Å². The van der Waals surface area contributed by atoms with Crippen LogP contribution in [0.15, 0.2) is 48.4 Å². The van der Waals surface area contributed by atoms with E-state index in [0.717, 1.165) is 50.4 Å². The standard InChI is InChI=1S/C29H38N8O3/c1-3-40-29(39)22-5-7-27(32-18-22)36-14-15-37(28(38)20-36)24-6-4-21-8-9-35(19-23(21)16-24)26(31)17-25(30)34-12-10-33(2)11-13-34/h4-7,16-18,30H,3,8-15,19-20,31H2,1-2H3/b26-17+,30-25?. The average molecular weight is 547 g/mol. The molecule has 1 amide bonds. The van der Waals surface area contributed by atoms with Gasteiger partial charge in [0.25, 0.3) is 0 Å². The van der Waals surface area contributed by atoms with Crippen molar-refractivity contribution in [2.75, 3.05) is 75.8 Å². The summed E-state index contributed by atoms with van der Waals surface area (Å²) in [4.78, 5) is 39.7. The van der Waals surface area contributed by atoms with E-state index in [9.17, 15) is 9.59 Å². The third-order valence-electron chi connectivity index (χ3n) is 7.81. The highest BCUT2D eigenvalue weighted by atomic mass is 16.5. The van der Waals surface area contributed by atoms with Crippen LogP contribution < -0.4 is 15.5 Å². The third-order valence-corrected chi connectivity index (χ3v) is 7.81. The molecule has 3 aliphatic rings. The first-order valence-electron chi connectivity index (χ1n) is 13.9. The van der Waals surface area contributed by atoms with Crippen molar-refractivity contribution in [1.82, 2.24) is 19.7 Å². The fourth-order valence-corrected chi connectivity index (χ4v) is 5.35. The molecule has 40 heavy (non-hydrogen) atoms. The Bertz CT molecular complexity index is 1290. The summed E-state index contributed by atoms with van der Waals surface area (Å²) in [6.45, 7) is 8.45. The Morgan fingerprint density at radius 2 is 1.82 bits per heavy atom. The molecular weight excluding hydrogens is 508 g/mol. The van der Waals surface area contributed by atoms with Crippen molar-refractivity contribution in [1.29, 1.82) is 5.41 Å². The van der Waals surface area contributed by atoms with Crippen LogP contribution in [0, 0.1) is 5.41 Å². The van der Waals surface area contributed by atoms with Gasteiger partial charge in [0, 0.05) is 70.3 Å². The number of carbonyl (C=O) groups excluding carboxylic acids is 2. The van der Waals surface area contributed by atoms with Gasteiger partial charge in [-0.2, -0.15) is 0 Å². The minimum atomic E-state index is -0.404. The molecule has 3 N–H and O–H groups in total. The highest BCUT2D eigenvalue weighted by Gasteiger charge is 2.27. The number of carbonyl (C=O) groups is 2. The summed E-state index contributed by atoms with van der Waals surface area (Å²) < 4.78 is 5.02. The number of fused-ring (bicyclic) bond motifs is 1. The largest absolute Gasteiger partial charge is 0.462 e. The molecular formula is C29H38N8O3. The summed E-state index contributed by atoms with van der Waals surface area (Å²) in [7, 11) is 2.10. The first kappa shape index (κ1) is 27.4. The summed E-state index contributed by atoms with van der Waals surface area (Å²) in [5.41, 5.74) is 10.1. The van der Waals surface area contributed by atoms with E-state index in [1.807, 2.05) is 15.9 Å². The molecule has 0 atom stereocenters. The lowest BCUT2D eigenvalue weighted by Crippen LogP contribution is -2.51. The van der Waals surface area contributed by atoms with Gasteiger partial charge in [0.2, 0.25) is 5.91 Å². The molecule has 2 fully saturated rings. The van der Waals surface area contributed by atoms with Gasteiger partial charge in [-0.1, -0.05) is 6.07 Å². The number of hydrogen-bond donors (Lipinski definition) is 2. The van der Waals surface area contributed by atoms with Crippen LogP contribution in [0.1, 0.15) is 28.4 Å². The van der Waals surface area contributed by atoms with Gasteiger partial charge in [0.15, 0.2) is 0 Å². The Hall–Kier alpha value is -4.12. The zero-order chi connectivity index (χ0) is 28.2. The predicted octanol–water partition coefficient (Wildman–Crippen LogP) is 1.49. The van der Waals surface area contributed by atoms with Gasteiger partial charge in [-0.05, 0) is 55.8 Å². The van der Waals surface area contributed by atoms with Crippen LogP contribution in [0.5, 0.6) is 0 Å². The van der Waals surface area contributed by atoms with E-state index >= 15 is 0 Å². The van der Waals surface area contributed by atoms with Crippen LogP contribution in [0.25, 0.3) is 0 Å². The number of nitrogens with two attached hydrogens (primary N) is 1. The Labute approximate surface area is 235 Å². The second-order valence-corrected chi connectivity index (χ2v) is 10.5.